The Balaban J connectivity index is 1.63. The molecule has 1 aliphatic rings. The zero-order chi connectivity index (χ0) is 21.5. The number of aryl methyl sites for hydroxylation is 1. The fourth-order valence-corrected chi connectivity index (χ4v) is 3.15. The van der Waals surface area contributed by atoms with Gasteiger partial charge in [-0.05, 0) is 12.1 Å². The molecule has 1 fully saturated rings. The molecule has 0 spiro atoms. The van der Waals surface area contributed by atoms with Crippen LogP contribution in [0.4, 0.5) is 17.6 Å². The summed E-state index contributed by atoms with van der Waals surface area (Å²) in [5.41, 5.74) is -2.35. The third-order valence-corrected chi connectivity index (χ3v) is 4.70. The number of aromatic nitrogens is 4. The summed E-state index contributed by atoms with van der Waals surface area (Å²) in [4.78, 5) is 17.0. The number of ether oxygens (including phenoxy) is 1. The summed E-state index contributed by atoms with van der Waals surface area (Å²) in [6.07, 6.45) is -4.43. The number of rotatable bonds is 4. The third kappa shape index (κ3) is 3.65. The van der Waals surface area contributed by atoms with E-state index in [1.807, 2.05) is 0 Å². The van der Waals surface area contributed by atoms with Crippen molar-refractivity contribution in [2.24, 2.45) is 7.05 Å². The highest BCUT2D eigenvalue weighted by molar-refractivity contribution is 5.93. The summed E-state index contributed by atoms with van der Waals surface area (Å²) in [5, 5.41) is 9.81. The Morgan fingerprint density at radius 2 is 2.10 bits per heavy atom. The largest absolute Gasteiger partial charge is 0.435 e. The average Bonchev–Trinajstić information content (AvgIpc) is 3.40. The molecule has 8 nitrogen and oxygen atoms in total. The van der Waals surface area contributed by atoms with Crippen LogP contribution in [0.15, 0.2) is 34.9 Å². The molecule has 0 bridgehead atoms. The maximum Gasteiger partial charge on any atom is 0.435 e. The van der Waals surface area contributed by atoms with Crippen molar-refractivity contribution in [3.8, 4) is 11.4 Å². The maximum atomic E-state index is 13.5. The van der Waals surface area contributed by atoms with Gasteiger partial charge in [0.25, 0.3) is 11.8 Å². The molecule has 0 unspecified atom stereocenters. The first kappa shape index (κ1) is 20.0. The molecule has 2 aromatic heterocycles. The molecule has 158 valence electrons. The molecule has 12 heteroatoms. The summed E-state index contributed by atoms with van der Waals surface area (Å²) in [5.74, 6) is -1.19. The number of benzene rings is 1. The number of nitrogens with zero attached hydrogens (tertiary/aromatic N) is 4. The molecule has 1 saturated heterocycles. The van der Waals surface area contributed by atoms with Gasteiger partial charge < -0.3 is 14.6 Å². The lowest BCUT2D eigenvalue weighted by molar-refractivity contribution is -0.141. The summed E-state index contributed by atoms with van der Waals surface area (Å²) in [6.45, 7) is 0.241. The molecule has 1 N–H and O–H groups in total. The normalized spacial score (nSPS) is 19.2. The Morgan fingerprint density at radius 3 is 2.73 bits per heavy atom. The van der Waals surface area contributed by atoms with Crippen molar-refractivity contribution >= 4 is 5.91 Å². The molecule has 1 aliphatic heterocycles. The van der Waals surface area contributed by atoms with E-state index in [1.165, 1.54) is 25.2 Å². The predicted octanol–water partition coefficient (Wildman–Crippen LogP) is 2.67. The second-order valence-corrected chi connectivity index (χ2v) is 6.81. The molecule has 1 atom stereocenters. The number of halogens is 4. The summed E-state index contributed by atoms with van der Waals surface area (Å²) >= 11 is 0. The summed E-state index contributed by atoms with van der Waals surface area (Å²) < 4.78 is 63.7. The molecular weight excluding hydrogens is 410 g/mol. The van der Waals surface area contributed by atoms with Gasteiger partial charge in [-0.25, -0.2) is 4.39 Å². The van der Waals surface area contributed by atoms with E-state index in [-0.39, 0.29) is 37.0 Å². The molecule has 1 aromatic carbocycles. The average molecular weight is 425 g/mol. The van der Waals surface area contributed by atoms with Crippen molar-refractivity contribution in [2.75, 3.05) is 13.2 Å². The number of alkyl halides is 3. The van der Waals surface area contributed by atoms with Gasteiger partial charge in [-0.2, -0.15) is 23.3 Å². The number of carbonyl (C=O) groups excluding carboxylic acids is 1. The predicted molar refractivity (Wildman–Crippen MR) is 92.5 cm³/mol. The highest BCUT2D eigenvalue weighted by Gasteiger charge is 2.44. The van der Waals surface area contributed by atoms with Crippen LogP contribution in [0.2, 0.25) is 0 Å². The van der Waals surface area contributed by atoms with E-state index in [1.54, 1.807) is 6.07 Å². The van der Waals surface area contributed by atoms with Gasteiger partial charge in [-0.15, -0.1) is 0 Å². The van der Waals surface area contributed by atoms with E-state index in [0.29, 0.717) is 11.6 Å². The Bertz CT molecular complexity index is 1090. The van der Waals surface area contributed by atoms with Crippen LogP contribution in [-0.4, -0.2) is 39.0 Å². The van der Waals surface area contributed by atoms with Crippen LogP contribution in [0, 0.1) is 5.82 Å². The van der Waals surface area contributed by atoms with Crippen LogP contribution in [0.1, 0.15) is 28.5 Å². The van der Waals surface area contributed by atoms with Gasteiger partial charge in [0, 0.05) is 31.7 Å². The minimum Gasteiger partial charge on any atom is -0.378 e. The molecule has 0 saturated carbocycles. The van der Waals surface area contributed by atoms with Gasteiger partial charge in [0.05, 0.1) is 6.61 Å². The van der Waals surface area contributed by atoms with Crippen LogP contribution in [-0.2, 0) is 23.5 Å². The summed E-state index contributed by atoms with van der Waals surface area (Å²) in [6, 6.07) is 6.21. The SMILES string of the molecule is Cn1nc(C(F)(F)F)cc1C(=O)N[C@]1(c2nc(-c3cccc(F)c3)no2)CCOC1. The summed E-state index contributed by atoms with van der Waals surface area (Å²) in [7, 11) is 1.23. The van der Waals surface area contributed by atoms with Crippen LogP contribution in [0.25, 0.3) is 11.4 Å². The molecular formula is C18H15F4N5O3. The topological polar surface area (TPSA) is 95.1 Å². The second-order valence-electron chi connectivity index (χ2n) is 6.81. The lowest BCUT2D eigenvalue weighted by atomic mass is 9.98. The second kappa shape index (κ2) is 7.20. The fourth-order valence-electron chi connectivity index (χ4n) is 3.15. The van der Waals surface area contributed by atoms with Crippen molar-refractivity contribution in [1.82, 2.24) is 25.2 Å². The first-order chi connectivity index (χ1) is 14.2. The van der Waals surface area contributed by atoms with E-state index in [4.69, 9.17) is 9.26 Å². The number of carbonyl (C=O) groups is 1. The molecule has 30 heavy (non-hydrogen) atoms. The van der Waals surface area contributed by atoms with Gasteiger partial charge in [0.2, 0.25) is 5.82 Å². The number of amides is 1. The molecule has 1 amide bonds. The van der Waals surface area contributed by atoms with Gasteiger partial charge >= 0.3 is 6.18 Å². The van der Waals surface area contributed by atoms with Crippen molar-refractivity contribution in [2.45, 2.75) is 18.1 Å². The number of hydrogen-bond acceptors (Lipinski definition) is 6. The highest BCUT2D eigenvalue weighted by Crippen LogP contribution is 2.32. The van der Waals surface area contributed by atoms with E-state index in [2.05, 4.69) is 20.6 Å². The van der Waals surface area contributed by atoms with Crippen molar-refractivity contribution in [3.05, 3.63) is 53.4 Å². The zero-order valence-corrected chi connectivity index (χ0v) is 15.5. The number of hydrogen-bond donors (Lipinski definition) is 1. The Labute approximate surface area is 166 Å². The van der Waals surface area contributed by atoms with E-state index < -0.39 is 29.1 Å². The monoisotopic (exact) mass is 425 g/mol. The van der Waals surface area contributed by atoms with Crippen molar-refractivity contribution in [3.63, 3.8) is 0 Å². The molecule has 0 radical (unpaired) electrons. The quantitative estimate of drug-likeness (QED) is 0.646. The lowest BCUT2D eigenvalue weighted by Gasteiger charge is -2.24. The van der Waals surface area contributed by atoms with Gasteiger partial charge in [-0.3, -0.25) is 9.48 Å². The zero-order valence-electron chi connectivity index (χ0n) is 15.5. The van der Waals surface area contributed by atoms with Crippen LogP contribution in [0.5, 0.6) is 0 Å². The first-order valence-corrected chi connectivity index (χ1v) is 8.80. The molecule has 4 rings (SSSR count). The third-order valence-electron chi connectivity index (χ3n) is 4.70. The van der Waals surface area contributed by atoms with Gasteiger partial charge in [0.15, 0.2) is 5.69 Å². The molecule has 3 aromatic rings. The lowest BCUT2D eigenvalue weighted by Crippen LogP contribution is -2.47. The van der Waals surface area contributed by atoms with Gasteiger partial charge in [0.1, 0.15) is 17.1 Å². The standard InChI is InChI=1S/C18H15F4N5O3/c1-27-12(8-13(25-27)18(20,21)22)15(28)24-17(5-6-29-9-17)16-23-14(26-30-16)10-3-2-4-11(19)7-10/h2-4,7-8H,5-6,9H2,1H3,(H,24,28)/t17-/m1/s1. The minimum absolute atomic E-state index is 0.00539. The minimum atomic E-state index is -4.68. The van der Waals surface area contributed by atoms with E-state index >= 15 is 0 Å². The Hall–Kier alpha value is -3.28. The van der Waals surface area contributed by atoms with Crippen LogP contribution in [0.3, 0.4) is 0 Å². The smallest absolute Gasteiger partial charge is 0.378 e. The highest BCUT2D eigenvalue weighted by atomic mass is 19.4. The molecule has 3 heterocycles. The van der Waals surface area contributed by atoms with Gasteiger partial charge in [-0.1, -0.05) is 17.3 Å². The van der Waals surface area contributed by atoms with E-state index in [0.717, 1.165) is 4.68 Å². The van der Waals surface area contributed by atoms with Crippen molar-refractivity contribution < 1.29 is 31.6 Å². The first-order valence-electron chi connectivity index (χ1n) is 8.80. The van der Waals surface area contributed by atoms with Crippen molar-refractivity contribution in [1.29, 1.82) is 0 Å². The fraction of sp³-hybridized carbons (Fsp3) is 0.333. The Kier molecular flexibility index (Phi) is 4.80. The number of nitrogens with one attached hydrogen (secondary N) is 1. The maximum absolute atomic E-state index is 13.5. The molecule has 0 aliphatic carbocycles. The Morgan fingerprint density at radius 1 is 1.30 bits per heavy atom. The van der Waals surface area contributed by atoms with Crippen LogP contribution < -0.4 is 5.32 Å². The van der Waals surface area contributed by atoms with Crippen LogP contribution >= 0.6 is 0 Å². The van der Waals surface area contributed by atoms with E-state index in [9.17, 15) is 22.4 Å².